The molecule has 1 rings (SSSR count). The molecule has 4 heteroatoms. The molecule has 1 aromatic rings. The summed E-state index contributed by atoms with van der Waals surface area (Å²) in [6.07, 6.45) is 1.32. The van der Waals surface area contributed by atoms with Crippen LogP contribution < -0.4 is 10.1 Å². The molecule has 17 heavy (non-hydrogen) atoms. The van der Waals surface area contributed by atoms with Gasteiger partial charge >= 0.3 is 0 Å². The van der Waals surface area contributed by atoms with Crippen LogP contribution in [-0.2, 0) is 6.54 Å². The predicted molar refractivity (Wildman–Crippen MR) is 64.1 cm³/mol. The van der Waals surface area contributed by atoms with E-state index in [1.54, 1.807) is 7.05 Å². The van der Waals surface area contributed by atoms with E-state index in [9.17, 15) is 8.78 Å². The molecule has 0 unspecified atom stereocenters. The average molecular weight is 243 g/mol. The van der Waals surface area contributed by atoms with Crippen molar-refractivity contribution in [1.29, 1.82) is 0 Å². The van der Waals surface area contributed by atoms with Crippen LogP contribution in [0.4, 0.5) is 8.78 Å². The molecular formula is C13H19F2NO. The molecule has 0 aromatic heterocycles. The number of halogens is 2. The molecule has 1 N–H and O–H groups in total. The lowest BCUT2D eigenvalue weighted by molar-refractivity contribution is 0.175. The molecule has 0 heterocycles. The maximum Gasteiger partial charge on any atom is 0.191 e. The minimum absolute atomic E-state index is 0.144. The van der Waals surface area contributed by atoms with Crippen molar-refractivity contribution in [2.75, 3.05) is 7.05 Å². The molecule has 0 amide bonds. The van der Waals surface area contributed by atoms with Gasteiger partial charge in [0.15, 0.2) is 17.4 Å². The van der Waals surface area contributed by atoms with Gasteiger partial charge in [-0.05, 0) is 37.6 Å². The molecule has 0 saturated heterocycles. The van der Waals surface area contributed by atoms with Crippen LogP contribution in [0.5, 0.6) is 5.75 Å². The Morgan fingerprint density at radius 1 is 1.18 bits per heavy atom. The van der Waals surface area contributed by atoms with Gasteiger partial charge in [-0.2, -0.15) is 0 Å². The zero-order chi connectivity index (χ0) is 12.8. The molecule has 0 atom stereocenters. The summed E-state index contributed by atoms with van der Waals surface area (Å²) >= 11 is 0. The largest absolute Gasteiger partial charge is 0.484 e. The fourth-order valence-electron chi connectivity index (χ4n) is 1.65. The second-order valence-electron chi connectivity index (χ2n) is 3.98. The Bertz CT molecular complexity index is 341. The summed E-state index contributed by atoms with van der Waals surface area (Å²) in [5.41, 5.74) is 0.569. The van der Waals surface area contributed by atoms with E-state index in [-0.39, 0.29) is 11.9 Å². The first kappa shape index (κ1) is 13.9. The van der Waals surface area contributed by atoms with E-state index >= 15 is 0 Å². The Balaban J connectivity index is 2.92. The molecule has 96 valence electrons. The predicted octanol–water partition coefficient (Wildman–Crippen LogP) is 3.25. The zero-order valence-corrected chi connectivity index (χ0v) is 10.5. The molecule has 0 aliphatic rings. The fraction of sp³-hybridized carbons (Fsp3) is 0.538. The Kier molecular flexibility index (Phi) is 5.35. The smallest absolute Gasteiger partial charge is 0.191 e. The Morgan fingerprint density at radius 2 is 1.71 bits per heavy atom. The summed E-state index contributed by atoms with van der Waals surface area (Å²) in [6.45, 7) is 4.29. The summed E-state index contributed by atoms with van der Waals surface area (Å²) < 4.78 is 32.7. The number of hydrogen-bond donors (Lipinski definition) is 1. The number of rotatable bonds is 6. The maximum absolute atomic E-state index is 13.7. The van der Waals surface area contributed by atoms with E-state index in [4.69, 9.17) is 4.74 Å². The topological polar surface area (TPSA) is 21.3 Å². The van der Waals surface area contributed by atoms with Crippen molar-refractivity contribution >= 4 is 0 Å². The molecule has 0 saturated carbocycles. The Hall–Kier alpha value is -1.16. The van der Waals surface area contributed by atoms with Gasteiger partial charge in [-0.3, -0.25) is 0 Å². The molecular weight excluding hydrogens is 224 g/mol. The lowest BCUT2D eigenvalue weighted by Crippen LogP contribution is -2.16. The van der Waals surface area contributed by atoms with Gasteiger partial charge in [-0.15, -0.1) is 0 Å². The van der Waals surface area contributed by atoms with Gasteiger partial charge in [0.25, 0.3) is 0 Å². The third-order valence-corrected chi connectivity index (χ3v) is 2.63. The second kappa shape index (κ2) is 6.55. The van der Waals surface area contributed by atoms with E-state index < -0.39 is 11.6 Å². The van der Waals surface area contributed by atoms with Crippen molar-refractivity contribution in [3.63, 3.8) is 0 Å². The van der Waals surface area contributed by atoms with Crippen molar-refractivity contribution in [2.24, 2.45) is 0 Å². The highest BCUT2D eigenvalue weighted by Gasteiger charge is 2.15. The first-order valence-corrected chi connectivity index (χ1v) is 5.91. The lowest BCUT2D eigenvalue weighted by Gasteiger charge is -2.17. The highest BCUT2D eigenvalue weighted by Crippen LogP contribution is 2.25. The molecule has 1 aromatic carbocycles. The molecule has 0 aliphatic carbocycles. The Labute approximate surface area is 101 Å². The molecule has 0 bridgehead atoms. The third-order valence-electron chi connectivity index (χ3n) is 2.63. The second-order valence-corrected chi connectivity index (χ2v) is 3.98. The van der Waals surface area contributed by atoms with Gasteiger partial charge in [0.1, 0.15) is 0 Å². The van der Waals surface area contributed by atoms with Gasteiger partial charge in [-0.1, -0.05) is 13.8 Å². The monoisotopic (exact) mass is 243 g/mol. The summed E-state index contributed by atoms with van der Waals surface area (Å²) in [5, 5.41) is 2.85. The standard InChI is InChI=1S/C13H19F2NO/c1-4-10(5-2)17-13-11(14)6-9(8-16-3)7-12(13)15/h6-7,10,16H,4-5,8H2,1-3H3. The zero-order valence-electron chi connectivity index (χ0n) is 10.5. The van der Waals surface area contributed by atoms with Gasteiger partial charge < -0.3 is 10.1 Å². The average Bonchev–Trinajstić information content (AvgIpc) is 2.29. The van der Waals surface area contributed by atoms with Gasteiger partial charge in [0.05, 0.1) is 6.10 Å². The van der Waals surface area contributed by atoms with Crippen LogP contribution in [0.15, 0.2) is 12.1 Å². The first-order valence-electron chi connectivity index (χ1n) is 5.91. The number of hydrogen-bond acceptors (Lipinski definition) is 2. The van der Waals surface area contributed by atoms with E-state index in [2.05, 4.69) is 5.32 Å². The number of nitrogens with one attached hydrogen (secondary N) is 1. The molecule has 0 radical (unpaired) electrons. The van der Waals surface area contributed by atoms with Crippen LogP contribution in [0.3, 0.4) is 0 Å². The normalized spacial score (nSPS) is 10.9. The highest BCUT2D eigenvalue weighted by atomic mass is 19.1. The minimum Gasteiger partial charge on any atom is -0.484 e. The van der Waals surface area contributed by atoms with Crippen LogP contribution in [0.2, 0.25) is 0 Å². The minimum atomic E-state index is -0.637. The first-order chi connectivity index (χ1) is 8.12. The van der Waals surface area contributed by atoms with Crippen LogP contribution in [-0.4, -0.2) is 13.2 Å². The molecule has 0 aliphatic heterocycles. The van der Waals surface area contributed by atoms with Crippen LogP contribution in [0.25, 0.3) is 0 Å². The SMILES string of the molecule is CCC(CC)Oc1c(F)cc(CNC)cc1F. The van der Waals surface area contributed by atoms with E-state index in [1.165, 1.54) is 12.1 Å². The van der Waals surface area contributed by atoms with Crippen LogP contribution in [0, 0.1) is 11.6 Å². The maximum atomic E-state index is 13.7. The summed E-state index contributed by atoms with van der Waals surface area (Å²) in [6, 6.07) is 2.61. The summed E-state index contributed by atoms with van der Waals surface area (Å²) in [7, 11) is 1.73. The number of ether oxygens (including phenoxy) is 1. The molecule has 0 fully saturated rings. The van der Waals surface area contributed by atoms with Crippen molar-refractivity contribution in [1.82, 2.24) is 5.32 Å². The molecule has 0 spiro atoms. The third kappa shape index (κ3) is 3.66. The van der Waals surface area contributed by atoms with Gasteiger partial charge in [-0.25, -0.2) is 8.78 Å². The Morgan fingerprint density at radius 3 is 2.12 bits per heavy atom. The lowest BCUT2D eigenvalue weighted by atomic mass is 10.2. The number of benzene rings is 1. The molecule has 2 nitrogen and oxygen atoms in total. The van der Waals surface area contributed by atoms with Crippen LogP contribution >= 0.6 is 0 Å². The van der Waals surface area contributed by atoms with Crippen molar-refractivity contribution in [3.05, 3.63) is 29.3 Å². The summed E-state index contributed by atoms with van der Waals surface area (Å²) in [4.78, 5) is 0. The van der Waals surface area contributed by atoms with Crippen molar-refractivity contribution in [2.45, 2.75) is 39.3 Å². The van der Waals surface area contributed by atoms with E-state index in [1.807, 2.05) is 13.8 Å². The van der Waals surface area contributed by atoms with E-state index in [0.717, 1.165) is 12.8 Å². The highest BCUT2D eigenvalue weighted by molar-refractivity contribution is 5.31. The van der Waals surface area contributed by atoms with Crippen molar-refractivity contribution < 1.29 is 13.5 Å². The van der Waals surface area contributed by atoms with Crippen LogP contribution in [0.1, 0.15) is 32.3 Å². The fourth-order valence-corrected chi connectivity index (χ4v) is 1.65. The van der Waals surface area contributed by atoms with Gasteiger partial charge in [0.2, 0.25) is 0 Å². The summed E-state index contributed by atoms with van der Waals surface area (Å²) in [5.74, 6) is -1.54. The van der Waals surface area contributed by atoms with Crippen molar-refractivity contribution in [3.8, 4) is 5.75 Å². The quantitative estimate of drug-likeness (QED) is 0.828. The van der Waals surface area contributed by atoms with E-state index in [0.29, 0.717) is 12.1 Å². The van der Waals surface area contributed by atoms with Gasteiger partial charge in [0, 0.05) is 6.54 Å².